The van der Waals surface area contributed by atoms with Gasteiger partial charge in [-0.2, -0.15) is 0 Å². The molecule has 2 aliphatic rings. The Hall–Kier alpha value is -3.07. The van der Waals surface area contributed by atoms with E-state index in [1.807, 2.05) is 29.2 Å². The maximum absolute atomic E-state index is 14.2. The molecule has 0 saturated heterocycles. The van der Waals surface area contributed by atoms with E-state index in [9.17, 15) is 22.8 Å². The number of fused-ring (bicyclic) bond motifs is 1. The van der Waals surface area contributed by atoms with Gasteiger partial charge < -0.3 is 20.4 Å². The summed E-state index contributed by atoms with van der Waals surface area (Å²) in [6.07, 6.45) is 5.66. The quantitative estimate of drug-likeness (QED) is 0.522. The van der Waals surface area contributed by atoms with Crippen LogP contribution in [0, 0.1) is 17.5 Å². The van der Waals surface area contributed by atoms with Crippen LogP contribution in [-0.2, 0) is 22.6 Å². The molecule has 0 bridgehead atoms. The maximum Gasteiger partial charge on any atom is 0.239 e. The average molecular weight is 517 g/mol. The Balaban J connectivity index is 1.40. The van der Waals surface area contributed by atoms with Crippen molar-refractivity contribution in [2.24, 2.45) is 0 Å². The van der Waals surface area contributed by atoms with Crippen LogP contribution in [0.3, 0.4) is 0 Å². The maximum atomic E-state index is 14.2. The highest BCUT2D eigenvalue weighted by Crippen LogP contribution is 2.26. The van der Waals surface area contributed by atoms with Crippen LogP contribution in [0.25, 0.3) is 0 Å². The minimum absolute atomic E-state index is 0.00900. The summed E-state index contributed by atoms with van der Waals surface area (Å²) in [7, 11) is 1.65. The molecular weight excluding hydrogens is 481 g/mol. The van der Waals surface area contributed by atoms with Crippen molar-refractivity contribution >= 4 is 17.5 Å². The lowest BCUT2D eigenvalue weighted by atomic mass is 9.95. The Morgan fingerprint density at radius 2 is 1.73 bits per heavy atom. The molecule has 0 aromatic heterocycles. The zero-order valence-corrected chi connectivity index (χ0v) is 21.2. The van der Waals surface area contributed by atoms with Crippen LogP contribution in [-0.4, -0.2) is 55.5 Å². The highest BCUT2D eigenvalue weighted by atomic mass is 19.2. The summed E-state index contributed by atoms with van der Waals surface area (Å²) in [6.45, 7) is 1.55. The summed E-state index contributed by atoms with van der Waals surface area (Å²) in [5.41, 5.74) is 1.90. The highest BCUT2D eigenvalue weighted by molar-refractivity contribution is 5.82. The molecule has 2 amide bonds. The normalized spacial score (nSPS) is 17.2. The predicted molar refractivity (Wildman–Crippen MR) is 137 cm³/mol. The van der Waals surface area contributed by atoms with E-state index in [1.165, 1.54) is 6.42 Å². The van der Waals surface area contributed by atoms with Crippen molar-refractivity contribution in [3.05, 3.63) is 65.0 Å². The zero-order valence-electron chi connectivity index (χ0n) is 21.2. The molecule has 1 saturated carbocycles. The number of nitrogens with one attached hydrogen (secondary N) is 2. The molecule has 1 heterocycles. The molecule has 0 radical (unpaired) electrons. The van der Waals surface area contributed by atoms with Crippen LogP contribution >= 0.6 is 0 Å². The Kier molecular flexibility index (Phi) is 9.08. The molecule has 1 atom stereocenters. The number of benzene rings is 2. The minimum atomic E-state index is -1.24. The summed E-state index contributed by atoms with van der Waals surface area (Å²) in [6, 6.07) is 8.92. The molecule has 9 heteroatoms. The van der Waals surface area contributed by atoms with Gasteiger partial charge in [0, 0.05) is 49.9 Å². The number of rotatable bonds is 8. The number of amides is 2. The number of carbonyl (C=O) groups is 2. The third-order valence-electron chi connectivity index (χ3n) is 7.38. The number of hydrogen-bond donors (Lipinski definition) is 2. The summed E-state index contributed by atoms with van der Waals surface area (Å²) in [4.78, 5) is 29.9. The number of para-hydroxylation sites is 1. The third kappa shape index (κ3) is 7.03. The van der Waals surface area contributed by atoms with Gasteiger partial charge >= 0.3 is 0 Å². The van der Waals surface area contributed by atoms with Crippen LogP contribution in [0.15, 0.2) is 36.4 Å². The van der Waals surface area contributed by atoms with Gasteiger partial charge in [0.15, 0.2) is 11.6 Å². The van der Waals surface area contributed by atoms with E-state index in [4.69, 9.17) is 0 Å². The van der Waals surface area contributed by atoms with Crippen molar-refractivity contribution < 1.29 is 22.8 Å². The molecule has 1 unspecified atom stereocenters. The lowest BCUT2D eigenvalue weighted by molar-refractivity contribution is -0.132. The van der Waals surface area contributed by atoms with Gasteiger partial charge in [-0.3, -0.25) is 9.59 Å². The van der Waals surface area contributed by atoms with E-state index in [0.717, 1.165) is 43.0 Å². The van der Waals surface area contributed by atoms with Crippen molar-refractivity contribution in [3.63, 3.8) is 0 Å². The third-order valence-corrected chi connectivity index (χ3v) is 7.38. The van der Waals surface area contributed by atoms with Crippen molar-refractivity contribution in [2.45, 2.75) is 63.6 Å². The minimum Gasteiger partial charge on any atom is -0.360 e. The van der Waals surface area contributed by atoms with E-state index in [-0.39, 0.29) is 42.8 Å². The van der Waals surface area contributed by atoms with Crippen molar-refractivity contribution in [3.8, 4) is 0 Å². The molecule has 4 rings (SSSR count). The van der Waals surface area contributed by atoms with Gasteiger partial charge in [-0.05, 0) is 49.6 Å². The number of hydrogen-bond acceptors (Lipinski definition) is 4. The van der Waals surface area contributed by atoms with E-state index >= 15 is 0 Å². The van der Waals surface area contributed by atoms with Crippen LogP contribution in [0.1, 0.15) is 49.7 Å². The van der Waals surface area contributed by atoms with E-state index in [0.29, 0.717) is 25.7 Å². The lowest BCUT2D eigenvalue weighted by Crippen LogP contribution is -2.44. The SMILES string of the molecule is CNC(CC(=O)N1CCN(CC(=O)NC2CCCCC2)c2ccccc2C1)Cc1cc(F)c(F)cc1F. The standard InChI is InChI=1S/C28H35F3N4O2/c1-32-22(13-20-14-24(30)25(31)16-23(20)29)15-28(37)35-12-11-34(26-10-6-5-7-19(26)17-35)18-27(36)33-21-8-3-2-4-9-21/h5-7,10,14,16,21-22,32H,2-4,8-9,11-13,15,17-18H2,1H3,(H,33,36). The predicted octanol–water partition coefficient (Wildman–Crippen LogP) is 3.92. The summed E-state index contributed by atoms with van der Waals surface area (Å²) in [5.74, 6) is -3.33. The Labute approximate surface area is 216 Å². The van der Waals surface area contributed by atoms with Crippen LogP contribution in [0.4, 0.5) is 18.9 Å². The second-order valence-electron chi connectivity index (χ2n) is 10.0. The molecule has 1 aliphatic heterocycles. The van der Waals surface area contributed by atoms with E-state index < -0.39 is 23.5 Å². The molecule has 1 fully saturated rings. The van der Waals surface area contributed by atoms with Gasteiger partial charge in [0.2, 0.25) is 11.8 Å². The van der Waals surface area contributed by atoms with Crippen molar-refractivity contribution in [1.82, 2.24) is 15.5 Å². The van der Waals surface area contributed by atoms with Crippen LogP contribution in [0.5, 0.6) is 0 Å². The molecule has 2 N–H and O–H groups in total. The number of halogens is 3. The Morgan fingerprint density at radius 1 is 1.00 bits per heavy atom. The molecule has 2 aromatic carbocycles. The summed E-state index contributed by atoms with van der Waals surface area (Å²) < 4.78 is 41.1. The smallest absolute Gasteiger partial charge is 0.239 e. The first-order valence-electron chi connectivity index (χ1n) is 13.0. The van der Waals surface area contributed by atoms with Crippen molar-refractivity contribution in [1.29, 1.82) is 0 Å². The van der Waals surface area contributed by atoms with E-state index in [2.05, 4.69) is 10.6 Å². The molecule has 0 spiro atoms. The largest absolute Gasteiger partial charge is 0.360 e. The topological polar surface area (TPSA) is 64.7 Å². The Bertz CT molecular complexity index is 1110. The van der Waals surface area contributed by atoms with Gasteiger partial charge in [-0.25, -0.2) is 13.2 Å². The molecule has 37 heavy (non-hydrogen) atoms. The van der Waals surface area contributed by atoms with Gasteiger partial charge in [0.05, 0.1) is 6.54 Å². The van der Waals surface area contributed by atoms with Crippen LogP contribution < -0.4 is 15.5 Å². The first-order chi connectivity index (χ1) is 17.8. The number of carbonyl (C=O) groups excluding carboxylic acids is 2. The zero-order chi connectivity index (χ0) is 26.4. The second kappa shape index (κ2) is 12.4. The fourth-order valence-corrected chi connectivity index (χ4v) is 5.27. The molecule has 6 nitrogen and oxygen atoms in total. The average Bonchev–Trinajstić information content (AvgIpc) is 3.07. The molecule has 200 valence electrons. The first-order valence-corrected chi connectivity index (χ1v) is 13.0. The highest BCUT2D eigenvalue weighted by Gasteiger charge is 2.27. The second-order valence-corrected chi connectivity index (χ2v) is 10.0. The lowest BCUT2D eigenvalue weighted by Gasteiger charge is -2.27. The monoisotopic (exact) mass is 516 g/mol. The molecule has 1 aliphatic carbocycles. The first kappa shape index (κ1) is 27.0. The van der Waals surface area contributed by atoms with Crippen LogP contribution in [0.2, 0.25) is 0 Å². The van der Waals surface area contributed by atoms with E-state index in [1.54, 1.807) is 11.9 Å². The van der Waals surface area contributed by atoms with Gasteiger partial charge in [-0.15, -0.1) is 0 Å². The summed E-state index contributed by atoms with van der Waals surface area (Å²) >= 11 is 0. The van der Waals surface area contributed by atoms with Gasteiger partial charge in [0.1, 0.15) is 5.82 Å². The number of likely N-dealkylation sites (N-methyl/N-ethyl adjacent to an activating group) is 1. The van der Waals surface area contributed by atoms with Crippen molar-refractivity contribution in [2.75, 3.05) is 31.6 Å². The Morgan fingerprint density at radius 3 is 2.49 bits per heavy atom. The molecule has 2 aromatic rings. The fraction of sp³-hybridized carbons (Fsp3) is 0.500. The van der Waals surface area contributed by atoms with Gasteiger partial charge in [-0.1, -0.05) is 37.5 Å². The molecular formula is C28H35F3N4O2. The fourth-order valence-electron chi connectivity index (χ4n) is 5.27. The number of nitrogens with zero attached hydrogens (tertiary/aromatic N) is 2. The van der Waals surface area contributed by atoms with Gasteiger partial charge in [0.25, 0.3) is 0 Å². The summed E-state index contributed by atoms with van der Waals surface area (Å²) in [5, 5.41) is 6.17. The number of anilines is 1.